The number of hydrogen-bond donors (Lipinski definition) is 0. The van der Waals surface area contributed by atoms with E-state index < -0.39 is 0 Å². The number of carbonyl (C=O) groups is 1. The summed E-state index contributed by atoms with van der Waals surface area (Å²) in [5, 5.41) is -0.00108. The molecule has 0 saturated heterocycles. The Hall–Kier alpha value is -0.280. The summed E-state index contributed by atoms with van der Waals surface area (Å²) >= 11 is 5.84. The third-order valence-electron chi connectivity index (χ3n) is 3.12. The summed E-state index contributed by atoms with van der Waals surface area (Å²) in [4.78, 5) is 13.5. The van der Waals surface area contributed by atoms with Gasteiger partial charge < -0.3 is 9.64 Å². The SMILES string of the molecule is COC1(CC(=O)N(C)CC(C)Cl)CCC1. The Morgan fingerprint density at radius 3 is 2.53 bits per heavy atom. The molecule has 15 heavy (non-hydrogen) atoms. The van der Waals surface area contributed by atoms with Gasteiger partial charge in [0.1, 0.15) is 0 Å². The van der Waals surface area contributed by atoms with Crippen LogP contribution in [0.3, 0.4) is 0 Å². The zero-order valence-corrected chi connectivity index (χ0v) is 10.5. The van der Waals surface area contributed by atoms with Crippen LogP contribution in [-0.4, -0.2) is 42.5 Å². The van der Waals surface area contributed by atoms with Gasteiger partial charge in [-0.15, -0.1) is 11.6 Å². The molecule has 0 heterocycles. The van der Waals surface area contributed by atoms with Gasteiger partial charge >= 0.3 is 0 Å². The van der Waals surface area contributed by atoms with Crippen molar-refractivity contribution in [3.8, 4) is 0 Å². The first kappa shape index (κ1) is 12.8. The van der Waals surface area contributed by atoms with Crippen LogP contribution in [0.1, 0.15) is 32.6 Å². The van der Waals surface area contributed by atoms with Gasteiger partial charge in [-0.1, -0.05) is 0 Å². The van der Waals surface area contributed by atoms with Crippen LogP contribution in [0.15, 0.2) is 0 Å². The lowest BCUT2D eigenvalue weighted by atomic mass is 9.77. The molecule has 88 valence electrons. The number of rotatable bonds is 5. The highest BCUT2D eigenvalue weighted by Gasteiger charge is 2.39. The number of carbonyl (C=O) groups excluding carboxylic acids is 1. The summed E-state index contributed by atoms with van der Waals surface area (Å²) in [6.45, 7) is 2.49. The van der Waals surface area contributed by atoms with Gasteiger partial charge in [0.2, 0.25) is 5.91 Å². The fraction of sp³-hybridized carbons (Fsp3) is 0.909. The molecule has 0 N–H and O–H groups in total. The highest BCUT2D eigenvalue weighted by Crippen LogP contribution is 2.38. The van der Waals surface area contributed by atoms with Crippen LogP contribution in [0.4, 0.5) is 0 Å². The Morgan fingerprint density at radius 1 is 1.60 bits per heavy atom. The summed E-state index contributed by atoms with van der Waals surface area (Å²) < 4.78 is 5.42. The molecule has 1 rings (SSSR count). The highest BCUT2D eigenvalue weighted by molar-refractivity contribution is 6.20. The molecular weight excluding hydrogens is 214 g/mol. The van der Waals surface area contributed by atoms with E-state index in [2.05, 4.69) is 0 Å². The van der Waals surface area contributed by atoms with E-state index in [9.17, 15) is 4.79 Å². The number of hydrogen-bond acceptors (Lipinski definition) is 2. The molecule has 1 aliphatic carbocycles. The second-order valence-corrected chi connectivity index (χ2v) is 5.22. The average molecular weight is 234 g/mol. The molecule has 4 heteroatoms. The monoisotopic (exact) mass is 233 g/mol. The molecule has 1 amide bonds. The lowest BCUT2D eigenvalue weighted by Crippen LogP contribution is -2.45. The number of amides is 1. The summed E-state index contributed by atoms with van der Waals surface area (Å²) in [5.74, 6) is 0.129. The molecule has 3 nitrogen and oxygen atoms in total. The molecular formula is C11H20ClNO2. The van der Waals surface area contributed by atoms with Gasteiger partial charge in [0.05, 0.1) is 12.0 Å². The zero-order valence-electron chi connectivity index (χ0n) is 9.75. The maximum absolute atomic E-state index is 11.8. The van der Waals surface area contributed by atoms with Crippen molar-refractivity contribution >= 4 is 17.5 Å². The van der Waals surface area contributed by atoms with Crippen LogP contribution in [0.5, 0.6) is 0 Å². The molecule has 0 aromatic carbocycles. The van der Waals surface area contributed by atoms with Crippen molar-refractivity contribution in [3.63, 3.8) is 0 Å². The third kappa shape index (κ3) is 3.35. The molecule has 0 radical (unpaired) electrons. The number of methoxy groups -OCH3 is 1. The third-order valence-corrected chi connectivity index (χ3v) is 3.26. The van der Waals surface area contributed by atoms with E-state index in [-0.39, 0.29) is 16.9 Å². The molecule has 1 fully saturated rings. The van der Waals surface area contributed by atoms with Crippen LogP contribution in [0, 0.1) is 0 Å². The highest BCUT2D eigenvalue weighted by atomic mass is 35.5. The van der Waals surface area contributed by atoms with Crippen molar-refractivity contribution in [3.05, 3.63) is 0 Å². The van der Waals surface area contributed by atoms with Crippen LogP contribution < -0.4 is 0 Å². The van der Waals surface area contributed by atoms with Gasteiger partial charge in [0, 0.05) is 26.1 Å². The van der Waals surface area contributed by atoms with Gasteiger partial charge in [-0.05, 0) is 26.2 Å². The zero-order chi connectivity index (χ0) is 11.5. The van der Waals surface area contributed by atoms with E-state index in [4.69, 9.17) is 16.3 Å². The fourth-order valence-corrected chi connectivity index (χ4v) is 2.12. The minimum atomic E-state index is -0.180. The average Bonchev–Trinajstić information content (AvgIpc) is 2.09. The van der Waals surface area contributed by atoms with Gasteiger partial charge in [0.15, 0.2) is 0 Å². The van der Waals surface area contributed by atoms with E-state index in [1.807, 2.05) is 6.92 Å². The Labute approximate surface area is 96.7 Å². The smallest absolute Gasteiger partial charge is 0.225 e. The van der Waals surface area contributed by atoms with Crippen LogP contribution >= 0.6 is 11.6 Å². The summed E-state index contributed by atoms with van der Waals surface area (Å²) in [6.07, 6.45) is 3.65. The maximum atomic E-state index is 11.8. The standard InChI is InChI=1S/C11H20ClNO2/c1-9(12)8-13(2)10(14)7-11(15-3)5-4-6-11/h9H,4-8H2,1-3H3. The normalized spacial score (nSPS) is 20.5. The number of halogens is 1. The lowest BCUT2D eigenvalue weighted by Gasteiger charge is -2.40. The number of nitrogens with zero attached hydrogens (tertiary/aromatic N) is 1. The lowest BCUT2D eigenvalue weighted by molar-refractivity contribution is -0.142. The molecule has 1 saturated carbocycles. The number of ether oxygens (including phenoxy) is 1. The van der Waals surface area contributed by atoms with Crippen LogP contribution in [-0.2, 0) is 9.53 Å². The molecule has 0 aromatic heterocycles. The molecule has 1 unspecified atom stereocenters. The maximum Gasteiger partial charge on any atom is 0.225 e. The quantitative estimate of drug-likeness (QED) is 0.680. The molecule has 0 aliphatic heterocycles. The topological polar surface area (TPSA) is 29.5 Å². The van der Waals surface area contributed by atoms with Gasteiger partial charge in [-0.3, -0.25) is 4.79 Å². The first-order chi connectivity index (χ1) is 6.99. The molecule has 0 aromatic rings. The van der Waals surface area contributed by atoms with Crippen molar-refractivity contribution in [2.45, 2.75) is 43.6 Å². The second kappa shape index (κ2) is 5.17. The predicted molar refractivity (Wildman–Crippen MR) is 61.2 cm³/mol. The Kier molecular flexibility index (Phi) is 4.41. The van der Waals surface area contributed by atoms with E-state index in [1.54, 1.807) is 19.1 Å². The van der Waals surface area contributed by atoms with E-state index >= 15 is 0 Å². The van der Waals surface area contributed by atoms with Gasteiger partial charge in [0.25, 0.3) is 0 Å². The predicted octanol–water partition coefficient (Wildman–Crippen LogP) is 2.03. The van der Waals surface area contributed by atoms with E-state index in [0.29, 0.717) is 13.0 Å². The first-order valence-electron chi connectivity index (χ1n) is 5.42. The van der Waals surface area contributed by atoms with Gasteiger partial charge in [-0.25, -0.2) is 0 Å². The molecule has 1 aliphatic rings. The Bertz CT molecular complexity index is 221. The van der Waals surface area contributed by atoms with Gasteiger partial charge in [-0.2, -0.15) is 0 Å². The minimum absolute atomic E-state index is 0.00108. The van der Waals surface area contributed by atoms with E-state index in [0.717, 1.165) is 19.3 Å². The van der Waals surface area contributed by atoms with Crippen molar-refractivity contribution in [2.75, 3.05) is 20.7 Å². The van der Waals surface area contributed by atoms with E-state index in [1.165, 1.54) is 0 Å². The summed E-state index contributed by atoms with van der Waals surface area (Å²) in [6, 6.07) is 0. The minimum Gasteiger partial charge on any atom is -0.378 e. The van der Waals surface area contributed by atoms with Crippen molar-refractivity contribution < 1.29 is 9.53 Å². The van der Waals surface area contributed by atoms with Crippen molar-refractivity contribution in [2.24, 2.45) is 0 Å². The Morgan fingerprint density at radius 2 is 2.20 bits per heavy atom. The van der Waals surface area contributed by atoms with Crippen molar-refractivity contribution in [1.29, 1.82) is 0 Å². The van der Waals surface area contributed by atoms with Crippen molar-refractivity contribution in [1.82, 2.24) is 4.90 Å². The molecule has 0 bridgehead atoms. The summed E-state index contributed by atoms with van der Waals surface area (Å²) in [5.41, 5.74) is -0.180. The Balaban J connectivity index is 2.40. The van der Waals surface area contributed by atoms with Crippen LogP contribution in [0.25, 0.3) is 0 Å². The number of alkyl halides is 1. The van der Waals surface area contributed by atoms with Crippen LogP contribution in [0.2, 0.25) is 0 Å². The first-order valence-corrected chi connectivity index (χ1v) is 5.86. The largest absolute Gasteiger partial charge is 0.378 e. The summed E-state index contributed by atoms with van der Waals surface area (Å²) in [7, 11) is 3.49. The fourth-order valence-electron chi connectivity index (χ4n) is 1.91. The second-order valence-electron chi connectivity index (χ2n) is 4.47. The molecule has 0 spiro atoms. The molecule has 1 atom stereocenters.